The summed E-state index contributed by atoms with van der Waals surface area (Å²) in [5.41, 5.74) is 4.75. The van der Waals surface area contributed by atoms with Gasteiger partial charge in [0.15, 0.2) is 0 Å². The summed E-state index contributed by atoms with van der Waals surface area (Å²) in [5.74, 6) is -1.50. The van der Waals surface area contributed by atoms with Crippen LogP contribution in [0.3, 0.4) is 0 Å². The van der Waals surface area contributed by atoms with Gasteiger partial charge in [-0.1, -0.05) is 6.92 Å². The molecule has 0 aliphatic carbocycles. The molecule has 2 fully saturated rings. The number of nitrogens with one attached hydrogen (secondary N) is 1. The molecule has 9 nitrogen and oxygen atoms in total. The van der Waals surface area contributed by atoms with E-state index in [0.29, 0.717) is 19.4 Å². The number of hydrogen-bond acceptors (Lipinski definition) is 4. The Kier molecular flexibility index (Phi) is 5.77. The third-order valence-electron chi connectivity index (χ3n) is 5.72. The smallest absolute Gasteiger partial charge is 0.407 e. The van der Waals surface area contributed by atoms with Crippen molar-refractivity contribution in [1.82, 2.24) is 15.1 Å². The van der Waals surface area contributed by atoms with E-state index in [1.807, 2.05) is 0 Å². The zero-order valence-electron chi connectivity index (χ0n) is 15.5. The van der Waals surface area contributed by atoms with Gasteiger partial charge in [-0.25, -0.2) is 4.79 Å². The largest absolute Gasteiger partial charge is 0.465 e. The van der Waals surface area contributed by atoms with Crippen molar-refractivity contribution in [2.24, 2.45) is 17.1 Å². The van der Waals surface area contributed by atoms with Crippen LogP contribution >= 0.6 is 0 Å². The van der Waals surface area contributed by atoms with Crippen LogP contribution in [0.5, 0.6) is 0 Å². The van der Waals surface area contributed by atoms with E-state index >= 15 is 0 Å². The Balaban J connectivity index is 2.13. The predicted octanol–water partition coefficient (Wildman–Crippen LogP) is -0.00650. The Morgan fingerprint density at radius 2 is 2.08 bits per heavy atom. The molecule has 2 aliphatic rings. The molecule has 0 aromatic rings. The van der Waals surface area contributed by atoms with Crippen molar-refractivity contribution in [3.8, 4) is 0 Å². The maximum atomic E-state index is 12.9. The Morgan fingerprint density at radius 3 is 2.62 bits per heavy atom. The molecule has 1 unspecified atom stereocenters. The zero-order chi connectivity index (χ0) is 19.6. The molecule has 26 heavy (non-hydrogen) atoms. The Morgan fingerprint density at radius 1 is 1.42 bits per heavy atom. The van der Waals surface area contributed by atoms with Crippen molar-refractivity contribution in [3.63, 3.8) is 0 Å². The molecule has 1 spiro atoms. The lowest BCUT2D eigenvalue weighted by Crippen LogP contribution is -2.49. The van der Waals surface area contributed by atoms with E-state index in [1.54, 1.807) is 13.8 Å². The molecule has 146 valence electrons. The highest BCUT2D eigenvalue weighted by atomic mass is 16.4. The molecule has 2 saturated heterocycles. The van der Waals surface area contributed by atoms with Crippen LogP contribution < -0.4 is 11.1 Å². The number of carbonyl (C=O) groups is 4. The number of likely N-dealkylation sites (tertiary alicyclic amines) is 1. The van der Waals surface area contributed by atoms with E-state index in [1.165, 1.54) is 11.9 Å². The summed E-state index contributed by atoms with van der Waals surface area (Å²) in [4.78, 5) is 50.9. The lowest BCUT2D eigenvalue weighted by atomic mass is 9.78. The van der Waals surface area contributed by atoms with Gasteiger partial charge in [-0.05, 0) is 32.6 Å². The molecule has 0 radical (unpaired) electrons. The van der Waals surface area contributed by atoms with Gasteiger partial charge in [0.05, 0.1) is 5.41 Å². The topological polar surface area (TPSA) is 133 Å². The molecule has 2 heterocycles. The summed E-state index contributed by atoms with van der Waals surface area (Å²) in [5, 5.41) is 11.9. The van der Waals surface area contributed by atoms with Crippen LogP contribution in [0.2, 0.25) is 0 Å². The minimum absolute atomic E-state index is 0.128. The van der Waals surface area contributed by atoms with Crippen LogP contribution in [0.15, 0.2) is 0 Å². The first-order valence-corrected chi connectivity index (χ1v) is 8.93. The minimum atomic E-state index is -1.06. The maximum Gasteiger partial charge on any atom is 0.407 e. The fourth-order valence-electron chi connectivity index (χ4n) is 3.98. The molecule has 2 rings (SSSR count). The number of carbonyl (C=O) groups excluding carboxylic acids is 3. The number of carboxylic acid groups (broad SMARTS) is 1. The van der Waals surface area contributed by atoms with Gasteiger partial charge in [0, 0.05) is 32.1 Å². The summed E-state index contributed by atoms with van der Waals surface area (Å²) in [7, 11) is 1.45. The van der Waals surface area contributed by atoms with Gasteiger partial charge >= 0.3 is 6.09 Å². The van der Waals surface area contributed by atoms with Crippen LogP contribution in [0.1, 0.15) is 39.5 Å². The SMILES string of the molecule is CC(C[C@H](C)C(=O)N1C[C@]2(CCCNC2=O)C[C@H]1C(N)=O)N(C)C(=O)O. The summed E-state index contributed by atoms with van der Waals surface area (Å²) in [6.45, 7) is 4.21. The Bertz CT molecular complexity index is 610. The average molecular weight is 368 g/mol. The summed E-state index contributed by atoms with van der Waals surface area (Å²) < 4.78 is 0. The highest BCUT2D eigenvalue weighted by Crippen LogP contribution is 2.41. The zero-order valence-corrected chi connectivity index (χ0v) is 15.5. The number of hydrogen-bond donors (Lipinski definition) is 3. The number of primary amides is 1. The Labute approximate surface area is 152 Å². The van der Waals surface area contributed by atoms with Crippen molar-refractivity contribution < 1.29 is 24.3 Å². The second-order valence-electron chi connectivity index (χ2n) is 7.61. The van der Waals surface area contributed by atoms with E-state index < -0.39 is 29.4 Å². The van der Waals surface area contributed by atoms with Crippen LogP contribution in [0, 0.1) is 11.3 Å². The quantitative estimate of drug-likeness (QED) is 0.628. The molecular formula is C17H28N4O5. The molecule has 0 bridgehead atoms. The van der Waals surface area contributed by atoms with E-state index in [2.05, 4.69) is 5.32 Å². The first kappa shape index (κ1) is 20.0. The van der Waals surface area contributed by atoms with E-state index in [9.17, 15) is 19.2 Å². The second-order valence-corrected chi connectivity index (χ2v) is 7.61. The minimum Gasteiger partial charge on any atom is -0.465 e. The van der Waals surface area contributed by atoms with Crippen LogP contribution in [-0.4, -0.2) is 70.9 Å². The fraction of sp³-hybridized carbons (Fsp3) is 0.765. The maximum absolute atomic E-state index is 12.9. The van der Waals surface area contributed by atoms with Crippen molar-refractivity contribution >= 4 is 23.8 Å². The van der Waals surface area contributed by atoms with E-state index in [4.69, 9.17) is 10.8 Å². The van der Waals surface area contributed by atoms with E-state index in [0.717, 1.165) is 11.3 Å². The molecule has 0 saturated carbocycles. The molecule has 4 amide bonds. The fourth-order valence-corrected chi connectivity index (χ4v) is 3.98. The second kappa shape index (κ2) is 7.51. The summed E-state index contributed by atoms with van der Waals surface area (Å²) in [6.07, 6.45) is 0.931. The van der Waals surface area contributed by atoms with E-state index in [-0.39, 0.29) is 30.8 Å². The van der Waals surface area contributed by atoms with Crippen molar-refractivity contribution in [2.45, 2.75) is 51.6 Å². The van der Waals surface area contributed by atoms with Gasteiger partial charge in [0.2, 0.25) is 17.7 Å². The van der Waals surface area contributed by atoms with Crippen molar-refractivity contribution in [2.75, 3.05) is 20.1 Å². The number of amides is 4. The molecule has 4 atom stereocenters. The lowest BCUT2D eigenvalue weighted by Gasteiger charge is -2.32. The highest BCUT2D eigenvalue weighted by molar-refractivity contribution is 5.92. The van der Waals surface area contributed by atoms with Crippen LogP contribution in [0.25, 0.3) is 0 Å². The van der Waals surface area contributed by atoms with Crippen molar-refractivity contribution in [3.05, 3.63) is 0 Å². The third kappa shape index (κ3) is 3.76. The number of nitrogens with zero attached hydrogens (tertiary/aromatic N) is 2. The average Bonchev–Trinajstić information content (AvgIpc) is 2.97. The van der Waals surface area contributed by atoms with Gasteiger partial charge in [-0.15, -0.1) is 0 Å². The molecule has 4 N–H and O–H groups in total. The van der Waals surface area contributed by atoms with Crippen LogP contribution in [-0.2, 0) is 14.4 Å². The highest BCUT2D eigenvalue weighted by Gasteiger charge is 2.53. The number of piperidine rings is 1. The van der Waals surface area contributed by atoms with Gasteiger partial charge in [-0.3, -0.25) is 14.4 Å². The molecule has 0 aromatic heterocycles. The van der Waals surface area contributed by atoms with Gasteiger partial charge in [0.25, 0.3) is 0 Å². The van der Waals surface area contributed by atoms with Gasteiger partial charge < -0.3 is 26.0 Å². The standard InChI is InChI=1S/C17H28N4O5/c1-10(7-11(2)20(3)16(25)26)14(23)21-9-17(8-12(21)13(18)22)5-4-6-19-15(17)24/h10-12H,4-9H2,1-3H3,(H2,18,22)(H,19,24)(H,25,26)/t10-,11?,12-,17-/m0/s1. The Hall–Kier alpha value is -2.32. The predicted molar refractivity (Wildman–Crippen MR) is 93.0 cm³/mol. The van der Waals surface area contributed by atoms with Crippen molar-refractivity contribution in [1.29, 1.82) is 0 Å². The normalized spacial score (nSPS) is 27.7. The van der Waals surface area contributed by atoms with Crippen LogP contribution in [0.4, 0.5) is 4.79 Å². The monoisotopic (exact) mass is 368 g/mol. The van der Waals surface area contributed by atoms with Gasteiger partial charge in [0.1, 0.15) is 6.04 Å². The summed E-state index contributed by atoms with van der Waals surface area (Å²) >= 11 is 0. The number of rotatable bonds is 5. The third-order valence-corrected chi connectivity index (χ3v) is 5.72. The number of nitrogens with two attached hydrogens (primary N) is 1. The molecule has 2 aliphatic heterocycles. The molecule has 0 aromatic carbocycles. The lowest BCUT2D eigenvalue weighted by molar-refractivity contribution is -0.141. The molecular weight excluding hydrogens is 340 g/mol. The first-order chi connectivity index (χ1) is 12.1. The first-order valence-electron chi connectivity index (χ1n) is 8.93. The molecule has 9 heteroatoms. The summed E-state index contributed by atoms with van der Waals surface area (Å²) in [6, 6.07) is -1.16. The van der Waals surface area contributed by atoms with Gasteiger partial charge in [-0.2, -0.15) is 0 Å².